The quantitative estimate of drug-likeness (QED) is 0.417. The number of hydrogen-bond acceptors (Lipinski definition) is 5. The third-order valence-corrected chi connectivity index (χ3v) is 6.00. The number of carbonyl (C=O) groups is 1. The van der Waals surface area contributed by atoms with Crippen LogP contribution in [0.4, 0.5) is 0 Å². The molecule has 0 bridgehead atoms. The first-order valence-electron chi connectivity index (χ1n) is 8.51. The third kappa shape index (κ3) is 3.38. The highest BCUT2D eigenvalue weighted by Crippen LogP contribution is 2.44. The van der Waals surface area contributed by atoms with Crippen LogP contribution in [0.1, 0.15) is 30.7 Å². The number of aromatic nitrogens is 3. The van der Waals surface area contributed by atoms with Gasteiger partial charge in [-0.15, -0.1) is 10.2 Å². The minimum absolute atomic E-state index is 0.220. The van der Waals surface area contributed by atoms with Crippen LogP contribution in [0.25, 0.3) is 16.5 Å². The molecule has 3 aromatic rings. The van der Waals surface area contributed by atoms with Gasteiger partial charge in [0.2, 0.25) is 4.73 Å². The molecule has 0 aliphatic heterocycles. The van der Waals surface area contributed by atoms with E-state index in [2.05, 4.69) is 62.5 Å². The Hall–Kier alpha value is -1.86. The number of nitrogens with zero attached hydrogens (tertiary/aromatic N) is 3. The fourth-order valence-corrected chi connectivity index (χ4v) is 4.55. The molecule has 0 N–H and O–H groups in total. The molecule has 0 amide bonds. The SMILES string of the molecule is COC(=O)CCSc1nnc(Br)n1-c1ccc(C2CC2)c2ccccc12. The number of methoxy groups -OCH3 is 1. The summed E-state index contributed by atoms with van der Waals surface area (Å²) >= 11 is 5.01. The number of fused-ring (bicyclic) bond motifs is 1. The first-order valence-corrected chi connectivity index (χ1v) is 10.3. The summed E-state index contributed by atoms with van der Waals surface area (Å²) in [5.74, 6) is 1.06. The summed E-state index contributed by atoms with van der Waals surface area (Å²) in [5, 5.41) is 11.7. The van der Waals surface area contributed by atoms with Crippen molar-refractivity contribution in [2.45, 2.75) is 30.3 Å². The zero-order chi connectivity index (χ0) is 18.1. The van der Waals surface area contributed by atoms with Crippen molar-refractivity contribution in [3.63, 3.8) is 0 Å². The largest absolute Gasteiger partial charge is 0.469 e. The number of esters is 1. The molecule has 0 atom stereocenters. The van der Waals surface area contributed by atoms with Gasteiger partial charge in [-0.25, -0.2) is 0 Å². The van der Waals surface area contributed by atoms with Crippen molar-refractivity contribution < 1.29 is 9.53 Å². The number of thioether (sulfide) groups is 1. The number of ether oxygens (including phenoxy) is 1. The molecule has 1 fully saturated rings. The van der Waals surface area contributed by atoms with Crippen LogP contribution in [0.15, 0.2) is 46.3 Å². The molecule has 0 spiro atoms. The molecule has 1 aromatic heterocycles. The molecule has 0 unspecified atom stereocenters. The van der Waals surface area contributed by atoms with Crippen LogP contribution >= 0.6 is 27.7 Å². The van der Waals surface area contributed by atoms with E-state index in [9.17, 15) is 4.79 Å². The van der Waals surface area contributed by atoms with Gasteiger partial charge < -0.3 is 4.74 Å². The first-order chi connectivity index (χ1) is 12.7. The van der Waals surface area contributed by atoms with Crippen molar-refractivity contribution in [1.82, 2.24) is 14.8 Å². The smallest absolute Gasteiger partial charge is 0.306 e. The molecule has 5 nitrogen and oxygen atoms in total. The van der Waals surface area contributed by atoms with Gasteiger partial charge >= 0.3 is 5.97 Å². The molecule has 26 heavy (non-hydrogen) atoms. The van der Waals surface area contributed by atoms with Crippen LogP contribution in [0.3, 0.4) is 0 Å². The second-order valence-electron chi connectivity index (χ2n) is 6.26. The van der Waals surface area contributed by atoms with Gasteiger partial charge in [0.05, 0.1) is 19.2 Å². The fraction of sp³-hybridized carbons (Fsp3) is 0.316. The van der Waals surface area contributed by atoms with E-state index < -0.39 is 0 Å². The van der Waals surface area contributed by atoms with Gasteiger partial charge in [-0.2, -0.15) is 0 Å². The van der Waals surface area contributed by atoms with Crippen LogP contribution in [0.2, 0.25) is 0 Å². The molecule has 0 saturated heterocycles. The lowest BCUT2D eigenvalue weighted by Crippen LogP contribution is -2.03. The lowest BCUT2D eigenvalue weighted by molar-refractivity contribution is -0.140. The Morgan fingerprint density at radius 1 is 1.23 bits per heavy atom. The standard InChI is InChI=1S/C19H18BrN3O2S/c1-25-17(24)10-11-26-19-22-21-18(20)23(19)16-9-8-13(12-6-7-12)14-4-2-3-5-15(14)16/h2-5,8-9,12H,6-7,10-11H2,1H3. The maximum Gasteiger partial charge on any atom is 0.306 e. The molecule has 7 heteroatoms. The Balaban J connectivity index is 1.73. The van der Waals surface area contributed by atoms with Crippen LogP contribution in [-0.4, -0.2) is 33.6 Å². The summed E-state index contributed by atoms with van der Waals surface area (Å²) in [4.78, 5) is 11.4. The second-order valence-corrected chi connectivity index (χ2v) is 8.03. The van der Waals surface area contributed by atoms with Crippen molar-refractivity contribution >= 4 is 44.4 Å². The molecule has 4 rings (SSSR count). The third-order valence-electron chi connectivity index (χ3n) is 4.55. The number of hydrogen-bond donors (Lipinski definition) is 0. The lowest BCUT2D eigenvalue weighted by Gasteiger charge is -2.13. The zero-order valence-corrected chi connectivity index (χ0v) is 16.7. The Morgan fingerprint density at radius 3 is 2.73 bits per heavy atom. The van der Waals surface area contributed by atoms with Crippen molar-refractivity contribution in [3.8, 4) is 5.69 Å². The van der Waals surface area contributed by atoms with Gasteiger partial charge in [0, 0.05) is 11.1 Å². The van der Waals surface area contributed by atoms with Gasteiger partial charge in [0.15, 0.2) is 5.16 Å². The Kier molecular flexibility index (Phi) is 5.00. The minimum Gasteiger partial charge on any atom is -0.469 e. The van der Waals surface area contributed by atoms with Crippen LogP contribution in [-0.2, 0) is 9.53 Å². The van der Waals surface area contributed by atoms with Gasteiger partial charge in [0.1, 0.15) is 0 Å². The average molecular weight is 432 g/mol. The van der Waals surface area contributed by atoms with E-state index in [-0.39, 0.29) is 5.97 Å². The molecule has 1 aliphatic rings. The van der Waals surface area contributed by atoms with E-state index in [1.165, 1.54) is 48.0 Å². The Labute approximate surface area is 164 Å². The summed E-state index contributed by atoms with van der Waals surface area (Å²) in [6.07, 6.45) is 2.88. The zero-order valence-electron chi connectivity index (χ0n) is 14.3. The van der Waals surface area contributed by atoms with Gasteiger partial charge in [0.25, 0.3) is 0 Å². The van der Waals surface area contributed by atoms with Crippen LogP contribution < -0.4 is 0 Å². The van der Waals surface area contributed by atoms with Crippen molar-refractivity contribution in [2.24, 2.45) is 0 Å². The predicted molar refractivity (Wildman–Crippen MR) is 106 cm³/mol. The highest BCUT2D eigenvalue weighted by atomic mass is 79.9. The first kappa shape index (κ1) is 17.5. The number of rotatable bonds is 6. The van der Waals surface area contributed by atoms with Crippen molar-refractivity contribution in [2.75, 3.05) is 12.9 Å². The van der Waals surface area contributed by atoms with E-state index in [1.54, 1.807) is 0 Å². The maximum absolute atomic E-state index is 11.4. The Morgan fingerprint density at radius 2 is 2.00 bits per heavy atom. The molecule has 134 valence electrons. The topological polar surface area (TPSA) is 57.0 Å². The summed E-state index contributed by atoms with van der Waals surface area (Å²) in [5.41, 5.74) is 2.47. The van der Waals surface area contributed by atoms with Crippen molar-refractivity contribution in [3.05, 3.63) is 46.7 Å². The summed E-state index contributed by atoms with van der Waals surface area (Å²) in [7, 11) is 1.40. The van der Waals surface area contributed by atoms with Gasteiger partial charge in [-0.1, -0.05) is 42.1 Å². The normalized spacial score (nSPS) is 13.9. The minimum atomic E-state index is -0.220. The van der Waals surface area contributed by atoms with E-state index in [0.717, 1.165) is 10.8 Å². The van der Waals surface area contributed by atoms with Gasteiger partial charge in [-0.3, -0.25) is 9.36 Å². The molecule has 2 aromatic carbocycles. The Bertz CT molecular complexity index is 969. The summed E-state index contributed by atoms with van der Waals surface area (Å²) in [6, 6.07) is 12.9. The average Bonchev–Trinajstić information content (AvgIpc) is 3.44. The van der Waals surface area contributed by atoms with E-state index >= 15 is 0 Å². The maximum atomic E-state index is 11.4. The van der Waals surface area contributed by atoms with E-state index in [1.807, 2.05) is 4.57 Å². The highest BCUT2D eigenvalue weighted by molar-refractivity contribution is 9.10. The molecule has 1 heterocycles. The van der Waals surface area contributed by atoms with Crippen molar-refractivity contribution in [1.29, 1.82) is 0 Å². The van der Waals surface area contributed by atoms with E-state index in [0.29, 0.717) is 22.8 Å². The molecule has 0 radical (unpaired) electrons. The monoisotopic (exact) mass is 431 g/mol. The van der Waals surface area contributed by atoms with Crippen LogP contribution in [0, 0.1) is 0 Å². The summed E-state index contributed by atoms with van der Waals surface area (Å²) < 4.78 is 7.36. The number of halogens is 1. The summed E-state index contributed by atoms with van der Waals surface area (Å²) in [6.45, 7) is 0. The lowest BCUT2D eigenvalue weighted by atomic mass is 9.99. The van der Waals surface area contributed by atoms with Crippen LogP contribution in [0.5, 0.6) is 0 Å². The number of benzene rings is 2. The second kappa shape index (κ2) is 7.40. The highest BCUT2D eigenvalue weighted by Gasteiger charge is 2.26. The number of carbonyl (C=O) groups excluding carboxylic acids is 1. The molecule has 1 saturated carbocycles. The van der Waals surface area contributed by atoms with E-state index in [4.69, 9.17) is 4.74 Å². The molecule has 1 aliphatic carbocycles. The van der Waals surface area contributed by atoms with Gasteiger partial charge in [-0.05, 0) is 51.7 Å². The molecular formula is C19H18BrN3O2S. The predicted octanol–water partition coefficient (Wildman–Crippen LogP) is 4.72. The fourth-order valence-electron chi connectivity index (χ4n) is 3.13. The molecular weight excluding hydrogens is 414 g/mol.